The van der Waals surface area contributed by atoms with E-state index < -0.39 is 12.1 Å². The molecule has 2 N–H and O–H groups in total. The summed E-state index contributed by atoms with van der Waals surface area (Å²) in [5.41, 5.74) is 3.00. The van der Waals surface area contributed by atoms with Crippen LogP contribution >= 0.6 is 22.7 Å². The topological polar surface area (TPSA) is 84.5 Å². The first-order valence-corrected chi connectivity index (χ1v) is 12.7. The molecule has 33 heavy (non-hydrogen) atoms. The zero-order valence-corrected chi connectivity index (χ0v) is 20.2. The van der Waals surface area contributed by atoms with Gasteiger partial charge >= 0.3 is 5.97 Å². The lowest BCUT2D eigenvalue weighted by Gasteiger charge is -2.20. The van der Waals surface area contributed by atoms with Crippen LogP contribution in [-0.2, 0) is 17.6 Å². The molecular formula is C25H26N2O4S2. The van der Waals surface area contributed by atoms with Gasteiger partial charge in [-0.3, -0.25) is 9.59 Å². The van der Waals surface area contributed by atoms with Crippen LogP contribution in [0.5, 0.6) is 0 Å². The molecule has 0 radical (unpaired) electrons. The minimum absolute atomic E-state index is 0.268. The van der Waals surface area contributed by atoms with Crippen molar-refractivity contribution in [3.8, 4) is 0 Å². The molecule has 2 heterocycles. The van der Waals surface area contributed by atoms with Crippen molar-refractivity contribution in [2.45, 2.75) is 45.7 Å². The van der Waals surface area contributed by atoms with Crippen LogP contribution in [0.4, 0.5) is 5.00 Å². The highest BCUT2D eigenvalue weighted by atomic mass is 32.1. The monoisotopic (exact) mass is 482 g/mol. The number of carbonyl (C=O) groups excluding carboxylic acids is 3. The number of hydrogen-bond donors (Lipinski definition) is 2. The third-order valence-electron chi connectivity index (χ3n) is 5.54. The van der Waals surface area contributed by atoms with Crippen LogP contribution in [0.3, 0.4) is 0 Å². The Balaban J connectivity index is 1.69. The van der Waals surface area contributed by atoms with E-state index in [1.807, 2.05) is 24.4 Å². The van der Waals surface area contributed by atoms with E-state index in [2.05, 4.69) is 10.6 Å². The van der Waals surface area contributed by atoms with Crippen LogP contribution in [0.2, 0.25) is 0 Å². The lowest BCUT2D eigenvalue weighted by molar-refractivity contribution is 0.0526. The second-order valence-electron chi connectivity index (χ2n) is 7.89. The normalized spacial score (nSPS) is 13.6. The zero-order valence-electron chi connectivity index (χ0n) is 18.6. The lowest BCUT2D eigenvalue weighted by Crippen LogP contribution is -2.46. The molecule has 1 aromatic carbocycles. The molecule has 0 saturated carbocycles. The van der Waals surface area contributed by atoms with E-state index >= 15 is 0 Å². The number of rotatable bonds is 8. The van der Waals surface area contributed by atoms with Crippen LogP contribution < -0.4 is 10.6 Å². The minimum atomic E-state index is -1.03. The number of ketones is 1. The number of Topliss-reactive ketones (excluding diaryl/α,β-unsaturated/α-hetero) is 1. The SMILES string of the molecule is CCOC(=O)c1c(NC(NC(=O)c2cccs2)C(=O)c2ccc(C)cc2)sc2c1CCCC2. The van der Waals surface area contributed by atoms with Gasteiger partial charge in [-0.05, 0) is 56.5 Å². The number of aryl methyl sites for hydroxylation is 2. The number of amides is 1. The molecule has 0 bridgehead atoms. The quantitative estimate of drug-likeness (QED) is 0.261. The first-order chi connectivity index (χ1) is 16.0. The highest BCUT2D eigenvalue weighted by molar-refractivity contribution is 7.16. The molecule has 6 nitrogen and oxygen atoms in total. The summed E-state index contributed by atoms with van der Waals surface area (Å²) in [5, 5.41) is 8.39. The van der Waals surface area contributed by atoms with Gasteiger partial charge in [0.05, 0.1) is 17.0 Å². The predicted octanol–water partition coefficient (Wildman–Crippen LogP) is 5.22. The number of thiophene rings is 2. The number of esters is 1. The van der Waals surface area contributed by atoms with Gasteiger partial charge in [0.15, 0.2) is 6.17 Å². The van der Waals surface area contributed by atoms with E-state index in [0.29, 0.717) is 21.0 Å². The Morgan fingerprint density at radius 2 is 1.85 bits per heavy atom. The molecule has 2 aromatic heterocycles. The Morgan fingerprint density at radius 1 is 1.09 bits per heavy atom. The molecule has 0 spiro atoms. The summed E-state index contributed by atoms with van der Waals surface area (Å²) in [6.45, 7) is 3.99. The second kappa shape index (κ2) is 10.3. The van der Waals surface area contributed by atoms with Crippen molar-refractivity contribution in [1.29, 1.82) is 0 Å². The first-order valence-electron chi connectivity index (χ1n) is 11.0. The maximum Gasteiger partial charge on any atom is 0.341 e. The number of nitrogens with one attached hydrogen (secondary N) is 2. The number of fused-ring (bicyclic) bond motifs is 1. The van der Waals surface area contributed by atoms with Crippen molar-refractivity contribution < 1.29 is 19.1 Å². The molecule has 8 heteroatoms. The minimum Gasteiger partial charge on any atom is -0.462 e. The molecule has 1 unspecified atom stereocenters. The molecule has 0 aliphatic heterocycles. The van der Waals surface area contributed by atoms with Gasteiger partial charge in [-0.25, -0.2) is 4.79 Å². The Bertz CT molecular complexity index is 1150. The van der Waals surface area contributed by atoms with Gasteiger partial charge in [0.1, 0.15) is 5.00 Å². The summed E-state index contributed by atoms with van der Waals surface area (Å²) in [7, 11) is 0. The molecule has 0 fully saturated rings. The predicted molar refractivity (Wildman–Crippen MR) is 132 cm³/mol. The van der Waals surface area contributed by atoms with E-state index in [4.69, 9.17) is 4.74 Å². The average Bonchev–Trinajstić information content (AvgIpc) is 3.47. The Kier molecular flexibility index (Phi) is 7.25. The number of carbonyl (C=O) groups is 3. The largest absolute Gasteiger partial charge is 0.462 e. The summed E-state index contributed by atoms with van der Waals surface area (Å²) in [6.07, 6.45) is 2.74. The fourth-order valence-electron chi connectivity index (χ4n) is 3.88. The maximum atomic E-state index is 13.4. The van der Waals surface area contributed by atoms with Crippen LogP contribution in [0, 0.1) is 6.92 Å². The third kappa shape index (κ3) is 5.17. The van der Waals surface area contributed by atoms with Crippen LogP contribution in [0.25, 0.3) is 0 Å². The number of benzene rings is 1. The highest BCUT2D eigenvalue weighted by Crippen LogP contribution is 2.39. The molecule has 172 valence electrons. The van der Waals surface area contributed by atoms with Gasteiger partial charge in [0.2, 0.25) is 5.78 Å². The highest BCUT2D eigenvalue weighted by Gasteiger charge is 2.30. The van der Waals surface area contributed by atoms with Crippen molar-refractivity contribution in [3.63, 3.8) is 0 Å². The molecule has 1 aliphatic carbocycles. The molecule has 1 amide bonds. The van der Waals surface area contributed by atoms with E-state index in [1.165, 1.54) is 22.7 Å². The van der Waals surface area contributed by atoms with Gasteiger partial charge in [-0.2, -0.15) is 0 Å². The summed E-state index contributed by atoms with van der Waals surface area (Å²) < 4.78 is 5.33. The Hall–Kier alpha value is -2.97. The molecule has 1 atom stereocenters. The van der Waals surface area contributed by atoms with E-state index in [0.717, 1.165) is 41.7 Å². The van der Waals surface area contributed by atoms with Crippen molar-refractivity contribution in [2.24, 2.45) is 0 Å². The van der Waals surface area contributed by atoms with Crippen LogP contribution in [0.1, 0.15) is 66.2 Å². The zero-order chi connectivity index (χ0) is 23.4. The van der Waals surface area contributed by atoms with Crippen LogP contribution in [-0.4, -0.2) is 30.4 Å². The van der Waals surface area contributed by atoms with Crippen molar-refractivity contribution in [1.82, 2.24) is 5.32 Å². The second-order valence-corrected chi connectivity index (χ2v) is 9.95. The lowest BCUT2D eigenvalue weighted by atomic mass is 9.95. The van der Waals surface area contributed by atoms with Crippen molar-refractivity contribution in [3.05, 3.63) is 73.8 Å². The molecular weight excluding hydrogens is 456 g/mol. The van der Waals surface area contributed by atoms with Crippen LogP contribution in [0.15, 0.2) is 41.8 Å². The summed E-state index contributed by atoms with van der Waals surface area (Å²) >= 11 is 2.77. The van der Waals surface area contributed by atoms with Crippen molar-refractivity contribution in [2.75, 3.05) is 11.9 Å². The Labute approximate surface area is 201 Å². The Morgan fingerprint density at radius 3 is 2.55 bits per heavy atom. The maximum absolute atomic E-state index is 13.4. The van der Waals surface area contributed by atoms with Crippen molar-refractivity contribution >= 4 is 45.3 Å². The smallest absolute Gasteiger partial charge is 0.341 e. The van der Waals surface area contributed by atoms with Gasteiger partial charge in [-0.15, -0.1) is 22.7 Å². The van der Waals surface area contributed by atoms with Gasteiger partial charge < -0.3 is 15.4 Å². The van der Waals surface area contributed by atoms with Gasteiger partial charge in [0.25, 0.3) is 5.91 Å². The number of anilines is 1. The third-order valence-corrected chi connectivity index (χ3v) is 7.64. The summed E-state index contributed by atoms with van der Waals surface area (Å²) in [6, 6.07) is 10.7. The standard InChI is InChI=1S/C25H26N2O4S2/c1-3-31-25(30)20-17-7-4-5-8-18(17)33-24(20)27-22(26-23(29)19-9-6-14-32-19)21(28)16-12-10-15(2)11-13-16/h6,9-14,22,27H,3-5,7-8H2,1-2H3,(H,26,29). The fourth-order valence-corrected chi connectivity index (χ4v) is 5.81. The number of hydrogen-bond acceptors (Lipinski definition) is 7. The number of ether oxygens (including phenoxy) is 1. The summed E-state index contributed by atoms with van der Waals surface area (Å²) in [5.74, 6) is -1.02. The van der Waals surface area contributed by atoms with E-state index in [1.54, 1.807) is 31.2 Å². The summed E-state index contributed by atoms with van der Waals surface area (Å²) in [4.78, 5) is 40.7. The van der Waals surface area contributed by atoms with Gasteiger partial charge in [-0.1, -0.05) is 35.9 Å². The molecule has 4 rings (SSSR count). The van der Waals surface area contributed by atoms with E-state index in [9.17, 15) is 14.4 Å². The fraction of sp³-hybridized carbons (Fsp3) is 0.320. The first kappa shape index (κ1) is 23.2. The molecule has 0 saturated heterocycles. The van der Waals surface area contributed by atoms with Gasteiger partial charge in [0, 0.05) is 10.4 Å². The molecule has 1 aliphatic rings. The average molecular weight is 483 g/mol. The van der Waals surface area contributed by atoms with E-state index in [-0.39, 0.29) is 18.3 Å². The molecule has 3 aromatic rings.